The fourth-order valence-electron chi connectivity index (χ4n) is 2.96. The Balaban J connectivity index is 1.91. The van der Waals surface area contributed by atoms with E-state index in [9.17, 15) is 9.59 Å². The zero-order valence-corrected chi connectivity index (χ0v) is 15.3. The highest BCUT2D eigenvalue weighted by Crippen LogP contribution is 2.30. The van der Waals surface area contributed by atoms with Crippen molar-refractivity contribution < 1.29 is 14.3 Å². The first-order valence-corrected chi connectivity index (χ1v) is 8.41. The Labute approximate surface area is 152 Å². The van der Waals surface area contributed by atoms with Crippen LogP contribution in [0.25, 0.3) is 10.9 Å². The molecular formula is C21H22N2O3. The van der Waals surface area contributed by atoms with E-state index < -0.39 is 11.7 Å². The van der Waals surface area contributed by atoms with Crippen molar-refractivity contribution in [2.45, 2.75) is 26.2 Å². The molecule has 0 unspecified atom stereocenters. The molecule has 0 aliphatic rings. The maximum atomic E-state index is 12.7. The zero-order chi connectivity index (χ0) is 18.9. The largest absolute Gasteiger partial charge is 0.497 e. The molecule has 5 nitrogen and oxygen atoms in total. The number of Topliss-reactive ketones (excluding diaryl/α,β-unsaturated/α-hetero) is 1. The summed E-state index contributed by atoms with van der Waals surface area (Å²) in [6.07, 6.45) is 1.56. The summed E-state index contributed by atoms with van der Waals surface area (Å²) < 4.78 is 5.21. The Bertz CT molecular complexity index is 980. The number of H-pyrrole nitrogens is 1. The number of benzene rings is 2. The molecule has 134 valence electrons. The summed E-state index contributed by atoms with van der Waals surface area (Å²) in [4.78, 5) is 28.3. The Kier molecular flexibility index (Phi) is 4.55. The minimum absolute atomic E-state index is 0.152. The number of amides is 1. The van der Waals surface area contributed by atoms with E-state index in [-0.39, 0.29) is 5.41 Å². The minimum atomic E-state index is -0.662. The molecule has 0 spiro atoms. The molecule has 1 amide bonds. The van der Waals surface area contributed by atoms with Gasteiger partial charge in [0.25, 0.3) is 11.7 Å². The number of carbonyl (C=O) groups is 2. The van der Waals surface area contributed by atoms with Gasteiger partial charge in [-0.05, 0) is 35.2 Å². The monoisotopic (exact) mass is 350 g/mol. The second-order valence-electron chi connectivity index (χ2n) is 7.19. The summed E-state index contributed by atoms with van der Waals surface area (Å²) >= 11 is 0. The van der Waals surface area contributed by atoms with Crippen LogP contribution in [0, 0.1) is 0 Å². The van der Waals surface area contributed by atoms with Gasteiger partial charge in [0.15, 0.2) is 0 Å². The van der Waals surface area contributed by atoms with Crippen LogP contribution < -0.4 is 10.1 Å². The van der Waals surface area contributed by atoms with Gasteiger partial charge in [-0.25, -0.2) is 0 Å². The lowest BCUT2D eigenvalue weighted by Gasteiger charge is -2.22. The van der Waals surface area contributed by atoms with Crippen LogP contribution in [0.15, 0.2) is 48.7 Å². The number of rotatable bonds is 4. The van der Waals surface area contributed by atoms with E-state index in [1.165, 1.54) is 0 Å². The van der Waals surface area contributed by atoms with Gasteiger partial charge in [-0.3, -0.25) is 9.59 Å². The Morgan fingerprint density at radius 3 is 2.50 bits per heavy atom. The lowest BCUT2D eigenvalue weighted by Crippen LogP contribution is -2.25. The topological polar surface area (TPSA) is 71.2 Å². The van der Waals surface area contributed by atoms with E-state index in [0.717, 1.165) is 11.1 Å². The van der Waals surface area contributed by atoms with E-state index in [0.29, 0.717) is 22.4 Å². The molecule has 0 radical (unpaired) electrons. The van der Waals surface area contributed by atoms with Crippen molar-refractivity contribution in [1.82, 2.24) is 4.98 Å². The fourth-order valence-corrected chi connectivity index (χ4v) is 2.96. The molecule has 0 saturated heterocycles. The van der Waals surface area contributed by atoms with E-state index in [1.54, 1.807) is 25.4 Å². The molecule has 0 aliphatic heterocycles. The van der Waals surface area contributed by atoms with Crippen molar-refractivity contribution in [3.05, 3.63) is 59.8 Å². The summed E-state index contributed by atoms with van der Waals surface area (Å²) in [5.74, 6) is -0.622. The van der Waals surface area contributed by atoms with Crippen LogP contribution in [0.4, 0.5) is 5.69 Å². The van der Waals surface area contributed by atoms with Crippen molar-refractivity contribution in [3.63, 3.8) is 0 Å². The molecule has 2 N–H and O–H groups in total. The SMILES string of the molecule is COc1ccc2[nH]cc(C(=O)C(=O)Nc3ccccc3C(C)(C)C)c2c1. The third kappa shape index (κ3) is 3.33. The van der Waals surface area contributed by atoms with Gasteiger partial charge < -0.3 is 15.0 Å². The number of hydrogen-bond acceptors (Lipinski definition) is 3. The molecule has 1 aromatic heterocycles. The molecule has 0 atom stereocenters. The lowest BCUT2D eigenvalue weighted by molar-refractivity contribution is -0.112. The van der Waals surface area contributed by atoms with Gasteiger partial charge in [-0.15, -0.1) is 0 Å². The maximum absolute atomic E-state index is 12.7. The van der Waals surface area contributed by atoms with Gasteiger partial charge in [0.05, 0.1) is 12.7 Å². The Morgan fingerprint density at radius 2 is 1.81 bits per heavy atom. The molecule has 1 heterocycles. The molecule has 2 aromatic carbocycles. The molecular weight excluding hydrogens is 328 g/mol. The highest BCUT2D eigenvalue weighted by Gasteiger charge is 2.23. The number of aromatic amines is 1. The lowest BCUT2D eigenvalue weighted by atomic mass is 9.86. The van der Waals surface area contributed by atoms with Gasteiger partial charge in [0, 0.05) is 22.8 Å². The van der Waals surface area contributed by atoms with Crippen LogP contribution in [-0.2, 0) is 10.2 Å². The predicted octanol–water partition coefficient (Wildman–Crippen LogP) is 4.30. The molecule has 0 aliphatic carbocycles. The van der Waals surface area contributed by atoms with Gasteiger partial charge in [-0.2, -0.15) is 0 Å². The number of nitrogens with one attached hydrogen (secondary N) is 2. The van der Waals surface area contributed by atoms with Crippen LogP contribution in [0.2, 0.25) is 0 Å². The number of methoxy groups -OCH3 is 1. The second-order valence-corrected chi connectivity index (χ2v) is 7.19. The highest BCUT2D eigenvalue weighted by molar-refractivity contribution is 6.48. The summed E-state index contributed by atoms with van der Waals surface area (Å²) in [5.41, 5.74) is 2.57. The van der Waals surface area contributed by atoms with Crippen molar-refractivity contribution in [1.29, 1.82) is 0 Å². The van der Waals surface area contributed by atoms with E-state index in [4.69, 9.17) is 4.74 Å². The zero-order valence-electron chi connectivity index (χ0n) is 15.3. The van der Waals surface area contributed by atoms with Gasteiger partial charge in [0.1, 0.15) is 5.75 Å². The average molecular weight is 350 g/mol. The first-order valence-electron chi connectivity index (χ1n) is 8.41. The minimum Gasteiger partial charge on any atom is -0.497 e. The summed E-state index contributed by atoms with van der Waals surface area (Å²) in [6, 6.07) is 12.9. The molecule has 5 heteroatoms. The number of aromatic nitrogens is 1. The smallest absolute Gasteiger partial charge is 0.296 e. The van der Waals surface area contributed by atoms with Gasteiger partial charge in [0.2, 0.25) is 0 Å². The number of anilines is 1. The molecule has 3 aromatic rings. The quantitative estimate of drug-likeness (QED) is 0.544. The molecule has 0 bridgehead atoms. The Morgan fingerprint density at radius 1 is 1.08 bits per heavy atom. The maximum Gasteiger partial charge on any atom is 0.296 e. The Hall–Kier alpha value is -3.08. The van der Waals surface area contributed by atoms with Crippen molar-refractivity contribution in [2.24, 2.45) is 0 Å². The van der Waals surface area contributed by atoms with Crippen molar-refractivity contribution in [2.75, 3.05) is 12.4 Å². The molecule has 0 saturated carbocycles. The van der Waals surface area contributed by atoms with Crippen LogP contribution in [-0.4, -0.2) is 23.8 Å². The number of ether oxygens (including phenoxy) is 1. The van der Waals surface area contributed by atoms with Gasteiger partial charge >= 0.3 is 0 Å². The predicted molar refractivity (Wildman–Crippen MR) is 103 cm³/mol. The number of para-hydroxylation sites is 1. The fraction of sp³-hybridized carbons (Fsp3) is 0.238. The molecule has 3 rings (SSSR count). The van der Waals surface area contributed by atoms with Crippen molar-refractivity contribution >= 4 is 28.3 Å². The normalized spacial score (nSPS) is 11.4. The standard InChI is InChI=1S/C21H22N2O3/c1-21(2,3)16-7-5-6-8-18(16)23-20(25)19(24)15-12-22-17-10-9-13(26-4)11-14(15)17/h5-12,22H,1-4H3,(H,23,25). The summed E-state index contributed by atoms with van der Waals surface area (Å²) in [7, 11) is 1.56. The van der Waals surface area contributed by atoms with E-state index in [2.05, 4.69) is 31.1 Å². The van der Waals surface area contributed by atoms with Crippen LogP contribution >= 0.6 is 0 Å². The first-order chi connectivity index (χ1) is 12.3. The van der Waals surface area contributed by atoms with E-state index >= 15 is 0 Å². The second kappa shape index (κ2) is 6.67. The number of carbonyl (C=O) groups excluding carboxylic acids is 2. The highest BCUT2D eigenvalue weighted by atomic mass is 16.5. The van der Waals surface area contributed by atoms with E-state index in [1.807, 2.05) is 30.3 Å². The van der Waals surface area contributed by atoms with Crippen LogP contribution in [0.1, 0.15) is 36.7 Å². The number of ketones is 1. The summed E-state index contributed by atoms with van der Waals surface area (Å²) in [5, 5.41) is 3.43. The average Bonchev–Trinajstić information content (AvgIpc) is 3.03. The van der Waals surface area contributed by atoms with Crippen LogP contribution in [0.3, 0.4) is 0 Å². The summed E-state index contributed by atoms with van der Waals surface area (Å²) in [6.45, 7) is 6.18. The van der Waals surface area contributed by atoms with Crippen LogP contribution in [0.5, 0.6) is 5.75 Å². The third-order valence-electron chi connectivity index (χ3n) is 4.32. The van der Waals surface area contributed by atoms with Crippen molar-refractivity contribution in [3.8, 4) is 5.75 Å². The number of fused-ring (bicyclic) bond motifs is 1. The molecule has 0 fully saturated rings. The van der Waals surface area contributed by atoms with Gasteiger partial charge in [-0.1, -0.05) is 39.0 Å². The molecule has 26 heavy (non-hydrogen) atoms. The number of hydrogen-bond donors (Lipinski definition) is 2. The third-order valence-corrected chi connectivity index (χ3v) is 4.32. The first kappa shape index (κ1) is 17.7.